The van der Waals surface area contributed by atoms with Crippen LogP contribution in [0.4, 0.5) is 19.0 Å². The summed E-state index contributed by atoms with van der Waals surface area (Å²) in [7, 11) is 0. The first-order valence-electron chi connectivity index (χ1n) is 16.2. The van der Waals surface area contributed by atoms with Gasteiger partial charge in [-0.1, -0.05) is 6.92 Å². The van der Waals surface area contributed by atoms with Crippen molar-refractivity contribution in [2.24, 2.45) is 0 Å². The quantitative estimate of drug-likeness (QED) is 0.283. The van der Waals surface area contributed by atoms with Crippen LogP contribution in [0.5, 0.6) is 6.01 Å². The van der Waals surface area contributed by atoms with Gasteiger partial charge in [-0.3, -0.25) is 15.0 Å². The Bertz CT molecular complexity index is 1780. The standard InChI is InChI=1S/C33H38F3N7O2/c1-2-19-5-6-20-11-24-22(14-38-41-24)26(25(19)20)29-27(36)28-23(13-37-29)30(42-9-4-8-33(44,16-34)17-42)40-31(39-28)45-18-32-7-3-10-43(32)15-21(35)12-32/h11,13-14,19,21,44H,2-10,12,15-18H2,1H3,(H,38,41)/t19-,21-,32+,33+/m1/s1. The fourth-order valence-electron chi connectivity index (χ4n) is 8.53. The molecule has 3 fully saturated rings. The molecule has 12 heteroatoms. The van der Waals surface area contributed by atoms with E-state index in [2.05, 4.69) is 33.1 Å². The van der Waals surface area contributed by atoms with Crippen molar-refractivity contribution in [2.45, 2.75) is 81.5 Å². The summed E-state index contributed by atoms with van der Waals surface area (Å²) in [6, 6.07) is 2.09. The van der Waals surface area contributed by atoms with Gasteiger partial charge in [0.05, 0.1) is 29.2 Å². The molecule has 1 aromatic carbocycles. The molecule has 4 aromatic rings. The minimum absolute atomic E-state index is 0.000312. The number of β-amino-alcohol motifs (C(OH)–C–C–N with tert-alkyl or cyclic N) is 1. The number of aryl methyl sites for hydroxylation is 1. The van der Waals surface area contributed by atoms with E-state index in [0.29, 0.717) is 43.6 Å². The van der Waals surface area contributed by atoms with E-state index in [1.54, 1.807) is 17.3 Å². The first-order valence-corrected chi connectivity index (χ1v) is 16.2. The van der Waals surface area contributed by atoms with Crippen molar-refractivity contribution in [1.82, 2.24) is 30.0 Å². The summed E-state index contributed by atoms with van der Waals surface area (Å²) in [6.45, 7) is 3.14. The van der Waals surface area contributed by atoms with Gasteiger partial charge in [0.2, 0.25) is 0 Å². The van der Waals surface area contributed by atoms with E-state index < -0.39 is 29.8 Å². The molecule has 0 unspecified atom stereocenters. The van der Waals surface area contributed by atoms with Gasteiger partial charge in [0.1, 0.15) is 42.1 Å². The number of piperidine rings is 1. The molecule has 3 aliphatic heterocycles. The fourth-order valence-corrected chi connectivity index (χ4v) is 8.53. The predicted molar refractivity (Wildman–Crippen MR) is 165 cm³/mol. The van der Waals surface area contributed by atoms with Crippen LogP contribution in [-0.4, -0.2) is 91.9 Å². The molecule has 0 saturated carbocycles. The number of ether oxygens (including phenoxy) is 1. The highest BCUT2D eigenvalue weighted by molar-refractivity contribution is 6.00. The number of anilines is 1. The van der Waals surface area contributed by atoms with Gasteiger partial charge in [-0.05, 0) is 74.6 Å². The lowest BCUT2D eigenvalue weighted by atomic mass is 9.89. The maximum Gasteiger partial charge on any atom is 0.319 e. The highest BCUT2D eigenvalue weighted by Crippen LogP contribution is 2.46. The van der Waals surface area contributed by atoms with E-state index in [9.17, 15) is 13.9 Å². The summed E-state index contributed by atoms with van der Waals surface area (Å²) in [5.74, 6) is 0.0205. The molecule has 4 atom stereocenters. The van der Waals surface area contributed by atoms with Crippen molar-refractivity contribution < 1.29 is 23.0 Å². The van der Waals surface area contributed by atoms with Crippen LogP contribution < -0.4 is 9.64 Å². The Kier molecular flexibility index (Phi) is 6.94. The van der Waals surface area contributed by atoms with E-state index in [1.165, 1.54) is 5.56 Å². The summed E-state index contributed by atoms with van der Waals surface area (Å²) in [6.07, 6.45) is 8.22. The number of fused-ring (bicyclic) bond motifs is 4. The molecule has 6 heterocycles. The van der Waals surface area contributed by atoms with Crippen molar-refractivity contribution >= 4 is 27.6 Å². The molecule has 45 heavy (non-hydrogen) atoms. The average Bonchev–Trinajstić information content (AvgIpc) is 3.82. The predicted octanol–water partition coefficient (Wildman–Crippen LogP) is 5.40. The molecule has 0 amide bonds. The molecule has 8 rings (SSSR count). The molecule has 4 aliphatic rings. The highest BCUT2D eigenvalue weighted by atomic mass is 19.1. The van der Waals surface area contributed by atoms with Gasteiger partial charge >= 0.3 is 6.01 Å². The normalized spacial score (nSPS) is 28.3. The van der Waals surface area contributed by atoms with Gasteiger partial charge < -0.3 is 14.7 Å². The zero-order valence-corrected chi connectivity index (χ0v) is 25.5. The number of pyridine rings is 1. The number of aromatic nitrogens is 5. The van der Waals surface area contributed by atoms with Crippen LogP contribution >= 0.6 is 0 Å². The molecule has 2 N–H and O–H groups in total. The molecular formula is C33H38F3N7O2. The van der Waals surface area contributed by atoms with Gasteiger partial charge in [-0.25, -0.2) is 13.2 Å². The summed E-state index contributed by atoms with van der Waals surface area (Å²) in [4.78, 5) is 17.9. The topological polar surface area (TPSA) is 103 Å². The summed E-state index contributed by atoms with van der Waals surface area (Å²) < 4.78 is 51.6. The number of benzene rings is 1. The van der Waals surface area contributed by atoms with Gasteiger partial charge in [0, 0.05) is 36.7 Å². The number of nitrogens with zero attached hydrogens (tertiary/aromatic N) is 6. The second-order valence-corrected chi connectivity index (χ2v) is 13.6. The minimum Gasteiger partial charge on any atom is -0.461 e. The monoisotopic (exact) mass is 621 g/mol. The van der Waals surface area contributed by atoms with E-state index in [-0.39, 0.29) is 36.3 Å². The van der Waals surface area contributed by atoms with Crippen molar-refractivity contribution in [1.29, 1.82) is 0 Å². The molecule has 3 aromatic heterocycles. The van der Waals surface area contributed by atoms with Crippen LogP contribution in [0, 0.1) is 5.82 Å². The van der Waals surface area contributed by atoms with E-state index in [1.807, 2.05) is 0 Å². The first-order chi connectivity index (χ1) is 21.8. The van der Waals surface area contributed by atoms with Crippen LogP contribution in [0.15, 0.2) is 18.5 Å². The Balaban J connectivity index is 1.27. The maximum absolute atomic E-state index is 17.0. The third-order valence-corrected chi connectivity index (χ3v) is 10.8. The second-order valence-electron chi connectivity index (χ2n) is 13.6. The molecule has 0 spiro atoms. The maximum atomic E-state index is 17.0. The Morgan fingerprint density at radius 3 is 2.87 bits per heavy atom. The molecule has 0 radical (unpaired) electrons. The van der Waals surface area contributed by atoms with Crippen LogP contribution in [0.25, 0.3) is 33.1 Å². The fraction of sp³-hybridized carbons (Fsp3) is 0.576. The van der Waals surface area contributed by atoms with Crippen molar-refractivity contribution in [3.63, 3.8) is 0 Å². The zero-order chi connectivity index (χ0) is 30.9. The Morgan fingerprint density at radius 2 is 2.02 bits per heavy atom. The number of hydrogen-bond donors (Lipinski definition) is 2. The van der Waals surface area contributed by atoms with Crippen molar-refractivity contribution in [2.75, 3.05) is 44.4 Å². The van der Waals surface area contributed by atoms with Gasteiger partial charge in [-0.2, -0.15) is 15.1 Å². The molecular weight excluding hydrogens is 583 g/mol. The minimum atomic E-state index is -1.53. The second kappa shape index (κ2) is 10.8. The zero-order valence-electron chi connectivity index (χ0n) is 25.5. The summed E-state index contributed by atoms with van der Waals surface area (Å²) in [5, 5.41) is 19.3. The van der Waals surface area contributed by atoms with Crippen LogP contribution in [0.2, 0.25) is 0 Å². The summed E-state index contributed by atoms with van der Waals surface area (Å²) in [5.41, 5.74) is 2.11. The lowest BCUT2D eigenvalue weighted by Crippen LogP contribution is -2.50. The summed E-state index contributed by atoms with van der Waals surface area (Å²) >= 11 is 0. The van der Waals surface area contributed by atoms with Crippen molar-refractivity contribution in [3.8, 4) is 17.3 Å². The third kappa shape index (κ3) is 4.66. The molecule has 0 bridgehead atoms. The number of halogens is 3. The lowest BCUT2D eigenvalue weighted by molar-refractivity contribution is 0.00302. The Morgan fingerprint density at radius 1 is 1.16 bits per heavy atom. The smallest absolute Gasteiger partial charge is 0.319 e. The van der Waals surface area contributed by atoms with E-state index >= 15 is 4.39 Å². The van der Waals surface area contributed by atoms with Crippen LogP contribution in [0.3, 0.4) is 0 Å². The lowest BCUT2D eigenvalue weighted by Gasteiger charge is -2.38. The van der Waals surface area contributed by atoms with Gasteiger partial charge in [-0.15, -0.1) is 0 Å². The number of aliphatic hydroxyl groups is 1. The number of aromatic amines is 1. The van der Waals surface area contributed by atoms with Crippen molar-refractivity contribution in [3.05, 3.63) is 35.4 Å². The van der Waals surface area contributed by atoms with E-state index in [4.69, 9.17) is 14.7 Å². The van der Waals surface area contributed by atoms with Crippen LogP contribution in [-0.2, 0) is 6.42 Å². The van der Waals surface area contributed by atoms with Gasteiger partial charge in [0.15, 0.2) is 5.82 Å². The number of alkyl halides is 2. The van der Waals surface area contributed by atoms with Crippen LogP contribution in [0.1, 0.15) is 68.9 Å². The average molecular weight is 622 g/mol. The number of nitrogens with one attached hydrogen (secondary N) is 1. The van der Waals surface area contributed by atoms with E-state index in [0.717, 1.165) is 60.7 Å². The number of rotatable bonds is 7. The largest absolute Gasteiger partial charge is 0.461 e. The molecule has 3 saturated heterocycles. The number of hydrogen-bond acceptors (Lipinski definition) is 8. The molecule has 1 aliphatic carbocycles. The number of H-pyrrole nitrogens is 1. The third-order valence-electron chi connectivity index (χ3n) is 10.8. The molecule has 9 nitrogen and oxygen atoms in total. The SMILES string of the molecule is CC[C@@H]1CCc2cc3[nH]ncc3c(-c3ncc4c(N5CCC[C@](O)(CF)C5)nc(OC[C@@]56CCCN5C[C@H](F)C6)nc4c3F)c21. The highest BCUT2D eigenvalue weighted by Gasteiger charge is 2.49. The first kappa shape index (κ1) is 28.9. The Labute approximate surface area is 259 Å². The molecule has 238 valence electrons. The Hall–Kier alpha value is -3.51. The van der Waals surface area contributed by atoms with Gasteiger partial charge in [0.25, 0.3) is 0 Å².